The molecule has 0 saturated heterocycles. The van der Waals surface area contributed by atoms with E-state index in [1.165, 1.54) is 0 Å². The van der Waals surface area contributed by atoms with E-state index < -0.39 is 17.2 Å². The second-order valence-electron chi connectivity index (χ2n) is 12.3. The summed E-state index contributed by atoms with van der Waals surface area (Å²) in [7, 11) is 0. The lowest BCUT2D eigenvalue weighted by molar-refractivity contribution is -0.191. The summed E-state index contributed by atoms with van der Waals surface area (Å²) in [5.74, 6) is -1.04. The molecule has 0 bridgehead atoms. The molecule has 0 aliphatic carbocycles. The Morgan fingerprint density at radius 2 is 1.22 bits per heavy atom. The van der Waals surface area contributed by atoms with Crippen LogP contribution in [0.15, 0.2) is 48.5 Å². The van der Waals surface area contributed by atoms with Gasteiger partial charge < -0.3 is 14.9 Å². The van der Waals surface area contributed by atoms with Crippen molar-refractivity contribution in [2.24, 2.45) is 5.92 Å². The molecule has 0 saturated carbocycles. The first kappa shape index (κ1) is 30.7. The van der Waals surface area contributed by atoms with Crippen molar-refractivity contribution in [3.05, 3.63) is 70.8 Å². The number of benzene rings is 2. The lowest BCUT2D eigenvalue weighted by Crippen LogP contribution is -2.60. The van der Waals surface area contributed by atoms with Crippen molar-refractivity contribution in [2.45, 2.75) is 103 Å². The van der Waals surface area contributed by atoms with E-state index in [2.05, 4.69) is 48.5 Å². The molecular weight excluding hydrogens is 464 g/mol. The Hall–Kier alpha value is -2.50. The molecule has 0 aliphatic heterocycles. The third-order valence-corrected chi connectivity index (χ3v) is 7.36. The fraction of sp³-hybridized carbons (Fsp3) is 0.562. The summed E-state index contributed by atoms with van der Waals surface area (Å²) in [6.07, 6.45) is 3.82. The molecule has 2 aromatic rings. The first-order valence-electron chi connectivity index (χ1n) is 13.5. The Morgan fingerprint density at radius 3 is 1.54 bits per heavy atom. The molecule has 0 aliphatic rings. The predicted octanol–water partition coefficient (Wildman–Crippen LogP) is 6.21. The van der Waals surface area contributed by atoms with Crippen LogP contribution in [0.1, 0.15) is 103 Å². The molecule has 0 amide bonds. The van der Waals surface area contributed by atoms with E-state index in [0.717, 1.165) is 36.8 Å². The number of hydrogen-bond donors (Lipinski definition) is 2. The van der Waals surface area contributed by atoms with E-state index in [4.69, 9.17) is 4.74 Å². The molecular formula is C32H46O5. The summed E-state index contributed by atoms with van der Waals surface area (Å²) in [5.41, 5.74) is -2.99. The first-order chi connectivity index (χ1) is 17.1. The molecule has 5 nitrogen and oxygen atoms in total. The van der Waals surface area contributed by atoms with Crippen molar-refractivity contribution < 1.29 is 24.5 Å². The summed E-state index contributed by atoms with van der Waals surface area (Å²) >= 11 is 0. The smallest absolute Gasteiger partial charge is 0.349 e. The van der Waals surface area contributed by atoms with E-state index in [1.807, 2.05) is 31.2 Å². The minimum absolute atomic E-state index is 0.0769. The Morgan fingerprint density at radius 1 is 0.811 bits per heavy atom. The zero-order valence-electron chi connectivity index (χ0n) is 23.9. The van der Waals surface area contributed by atoms with E-state index in [9.17, 15) is 19.8 Å². The fourth-order valence-electron chi connectivity index (χ4n) is 4.51. The second kappa shape index (κ2) is 11.9. The third-order valence-electron chi connectivity index (χ3n) is 7.36. The molecule has 2 rings (SSSR count). The molecule has 0 heterocycles. The van der Waals surface area contributed by atoms with E-state index >= 15 is 0 Å². The van der Waals surface area contributed by atoms with Crippen LogP contribution in [0.5, 0.6) is 0 Å². The quantitative estimate of drug-likeness (QED) is 0.213. The normalized spacial score (nSPS) is 15.1. The average Bonchev–Trinajstić information content (AvgIpc) is 2.86. The van der Waals surface area contributed by atoms with Crippen LogP contribution < -0.4 is 0 Å². The summed E-state index contributed by atoms with van der Waals surface area (Å²) < 4.78 is 5.51. The predicted molar refractivity (Wildman–Crippen MR) is 149 cm³/mol. The lowest BCUT2D eigenvalue weighted by atomic mass is 9.72. The molecule has 2 atom stereocenters. The van der Waals surface area contributed by atoms with Gasteiger partial charge in [-0.05, 0) is 45.4 Å². The van der Waals surface area contributed by atoms with Crippen molar-refractivity contribution in [1.82, 2.24) is 0 Å². The number of aliphatic hydroxyl groups is 2. The van der Waals surface area contributed by atoms with Crippen molar-refractivity contribution in [2.75, 3.05) is 6.61 Å². The summed E-state index contributed by atoms with van der Waals surface area (Å²) in [6, 6.07) is 14.0. The summed E-state index contributed by atoms with van der Waals surface area (Å²) in [5, 5.41) is 23.9. The van der Waals surface area contributed by atoms with E-state index in [-0.39, 0.29) is 40.8 Å². The topological polar surface area (TPSA) is 83.8 Å². The van der Waals surface area contributed by atoms with E-state index in [1.54, 1.807) is 24.3 Å². The highest BCUT2D eigenvalue weighted by atomic mass is 16.6. The molecule has 0 aromatic heterocycles. The number of carbonyl (C=O) groups excluding carboxylic acids is 2. The van der Waals surface area contributed by atoms with Crippen LogP contribution in [-0.4, -0.2) is 34.7 Å². The fourth-order valence-corrected chi connectivity index (χ4v) is 4.51. The molecule has 1 unspecified atom stereocenters. The molecule has 0 radical (unpaired) electrons. The van der Waals surface area contributed by atoms with Crippen molar-refractivity contribution in [3.63, 3.8) is 0 Å². The molecule has 5 heteroatoms. The number of aldehydes is 1. The Kier molecular flexibility index (Phi) is 9.89. The zero-order chi connectivity index (χ0) is 28.1. The largest absolute Gasteiger partial charge is 0.463 e. The Bertz CT molecular complexity index is 967. The second-order valence-corrected chi connectivity index (χ2v) is 12.3. The van der Waals surface area contributed by atoms with Crippen molar-refractivity contribution >= 4 is 12.3 Å². The molecule has 2 aromatic carbocycles. The first-order valence-corrected chi connectivity index (χ1v) is 13.5. The highest BCUT2D eigenvalue weighted by molar-refractivity contribution is 5.99. The van der Waals surface area contributed by atoms with Gasteiger partial charge in [-0.25, -0.2) is 4.79 Å². The van der Waals surface area contributed by atoms with Crippen LogP contribution in [0.3, 0.4) is 0 Å². The van der Waals surface area contributed by atoms with Crippen LogP contribution in [0.2, 0.25) is 0 Å². The number of esters is 1. The summed E-state index contributed by atoms with van der Waals surface area (Å²) in [4.78, 5) is 25.9. The number of carbonyl (C=O) groups is 2. The van der Waals surface area contributed by atoms with Crippen molar-refractivity contribution in [3.8, 4) is 0 Å². The number of unbranched alkanes of at least 4 members (excludes halogenated alkanes) is 1. The maximum absolute atomic E-state index is 13.4. The van der Waals surface area contributed by atoms with Crippen LogP contribution in [0, 0.1) is 5.92 Å². The third kappa shape index (κ3) is 6.69. The van der Waals surface area contributed by atoms with Gasteiger partial charge in [0.2, 0.25) is 0 Å². The van der Waals surface area contributed by atoms with Crippen LogP contribution in [-0.2, 0) is 30.8 Å². The highest BCUT2D eigenvalue weighted by Crippen LogP contribution is 2.41. The van der Waals surface area contributed by atoms with Gasteiger partial charge in [0.05, 0.1) is 6.61 Å². The minimum atomic E-state index is -2.84. The van der Waals surface area contributed by atoms with Gasteiger partial charge in [-0.15, -0.1) is 0 Å². The standard InChI is InChI=1S/C32H46O5/c1-9-11-12-23(10-2)21-37-28(34)31(35,22-33)32(36,26-17-13-24(14-18-26)29(3,4)5)27-19-15-25(16-20-27)30(6,7)8/h13-20,22-23,35-36H,9-12,21H2,1-8H3/t23?,31-/m1/s1. The van der Waals surface area contributed by atoms with Gasteiger partial charge in [-0.3, -0.25) is 4.79 Å². The number of rotatable bonds is 11. The average molecular weight is 511 g/mol. The maximum atomic E-state index is 13.4. The van der Waals surface area contributed by atoms with Gasteiger partial charge in [0.25, 0.3) is 5.60 Å². The Labute approximate surface area is 223 Å². The number of hydrogen-bond acceptors (Lipinski definition) is 5. The van der Waals surface area contributed by atoms with Crippen molar-refractivity contribution in [1.29, 1.82) is 0 Å². The van der Waals surface area contributed by atoms with Gasteiger partial charge in [0.15, 0.2) is 11.9 Å². The zero-order valence-corrected chi connectivity index (χ0v) is 23.9. The molecule has 37 heavy (non-hydrogen) atoms. The molecule has 0 spiro atoms. The maximum Gasteiger partial charge on any atom is 0.349 e. The SMILES string of the molecule is CCCCC(CC)COC(=O)[C@](O)(C=O)C(O)(c1ccc(C(C)(C)C)cc1)c1ccc(C(C)(C)C)cc1. The van der Waals surface area contributed by atoms with Crippen LogP contribution >= 0.6 is 0 Å². The van der Waals surface area contributed by atoms with Crippen LogP contribution in [0.25, 0.3) is 0 Å². The van der Waals surface area contributed by atoms with Gasteiger partial charge in [0.1, 0.15) is 0 Å². The lowest BCUT2D eigenvalue weighted by Gasteiger charge is -2.39. The minimum Gasteiger partial charge on any atom is -0.463 e. The molecule has 2 N–H and O–H groups in total. The van der Waals surface area contributed by atoms with Gasteiger partial charge >= 0.3 is 5.97 Å². The van der Waals surface area contributed by atoms with Gasteiger partial charge in [-0.2, -0.15) is 0 Å². The highest BCUT2D eigenvalue weighted by Gasteiger charge is 2.59. The molecule has 204 valence electrons. The Balaban J connectivity index is 2.61. The van der Waals surface area contributed by atoms with Gasteiger partial charge in [-0.1, -0.05) is 123 Å². The van der Waals surface area contributed by atoms with Gasteiger partial charge in [0, 0.05) is 0 Å². The number of ether oxygens (including phenoxy) is 1. The molecule has 0 fully saturated rings. The summed E-state index contributed by atoms with van der Waals surface area (Å²) in [6.45, 7) is 16.6. The monoisotopic (exact) mass is 510 g/mol. The van der Waals surface area contributed by atoms with Crippen LogP contribution in [0.4, 0.5) is 0 Å². The van der Waals surface area contributed by atoms with E-state index in [0.29, 0.717) is 0 Å².